The largest absolute Gasteiger partial charge is 0.380 e. The molecule has 1 unspecified atom stereocenters. The Labute approximate surface area is 96.9 Å². The van der Waals surface area contributed by atoms with Crippen molar-refractivity contribution in [3.05, 3.63) is 0 Å². The molecule has 92 valence electrons. The Balaban J connectivity index is 2.13. The fourth-order valence-corrected chi connectivity index (χ4v) is 1.80. The number of hydrogen-bond donors (Lipinski definition) is 0. The number of hydrogen-bond acceptors (Lipinski definition) is 3. The van der Waals surface area contributed by atoms with Crippen LogP contribution >= 0.6 is 0 Å². The molecule has 1 saturated heterocycles. The zero-order chi connectivity index (χ0) is 12.0. The van der Waals surface area contributed by atoms with Gasteiger partial charge in [0.05, 0.1) is 13.2 Å². The van der Waals surface area contributed by atoms with Crippen LogP contribution in [0.15, 0.2) is 0 Å². The summed E-state index contributed by atoms with van der Waals surface area (Å²) in [5.41, 5.74) is 0. The zero-order valence-electron chi connectivity index (χ0n) is 10.2. The van der Waals surface area contributed by atoms with E-state index in [0.29, 0.717) is 19.6 Å². The summed E-state index contributed by atoms with van der Waals surface area (Å²) in [5.74, 6) is -0.260. The van der Waals surface area contributed by atoms with Crippen LogP contribution in [0.3, 0.4) is 0 Å². The van der Waals surface area contributed by atoms with Crippen LogP contribution in [0.4, 0.5) is 0 Å². The Hall–Kier alpha value is -0.900. The molecule has 0 N–H and O–H groups in total. The van der Waals surface area contributed by atoms with Gasteiger partial charge < -0.3 is 4.74 Å². The quantitative estimate of drug-likeness (QED) is 0.490. The molecule has 0 spiro atoms. The first-order valence-corrected chi connectivity index (χ1v) is 6.08. The second-order valence-corrected chi connectivity index (χ2v) is 4.31. The van der Waals surface area contributed by atoms with Crippen LogP contribution in [0.25, 0.3) is 0 Å². The topological polar surface area (TPSA) is 46.6 Å². The normalized spacial score (nSPS) is 20.9. The molecular formula is C12H21NO3. The molecule has 0 aliphatic carbocycles. The lowest BCUT2D eigenvalue weighted by molar-refractivity contribution is -0.140. The van der Waals surface area contributed by atoms with Crippen LogP contribution in [-0.4, -0.2) is 36.5 Å². The van der Waals surface area contributed by atoms with Gasteiger partial charge in [0, 0.05) is 18.9 Å². The van der Waals surface area contributed by atoms with E-state index in [4.69, 9.17) is 4.74 Å². The van der Waals surface area contributed by atoms with Crippen LogP contribution in [0, 0.1) is 5.92 Å². The van der Waals surface area contributed by atoms with Gasteiger partial charge in [0.2, 0.25) is 11.8 Å². The first kappa shape index (κ1) is 13.2. The highest BCUT2D eigenvalue weighted by atomic mass is 16.5. The van der Waals surface area contributed by atoms with E-state index >= 15 is 0 Å². The highest BCUT2D eigenvalue weighted by molar-refractivity contribution is 6.03. The van der Waals surface area contributed by atoms with E-state index in [-0.39, 0.29) is 17.7 Å². The number of carbonyl (C=O) groups is 2. The van der Waals surface area contributed by atoms with Crippen molar-refractivity contribution < 1.29 is 14.3 Å². The summed E-state index contributed by atoms with van der Waals surface area (Å²) >= 11 is 0. The van der Waals surface area contributed by atoms with Gasteiger partial charge in [-0.25, -0.2) is 0 Å². The number of ether oxygens (including phenoxy) is 1. The summed E-state index contributed by atoms with van der Waals surface area (Å²) in [6, 6.07) is 0. The molecule has 0 saturated carbocycles. The predicted molar refractivity (Wildman–Crippen MR) is 60.8 cm³/mol. The monoisotopic (exact) mass is 227 g/mol. The van der Waals surface area contributed by atoms with Crippen LogP contribution in [0.1, 0.15) is 39.5 Å². The minimum absolute atomic E-state index is 0.0536. The molecule has 0 radical (unpaired) electrons. The zero-order valence-corrected chi connectivity index (χ0v) is 10.2. The summed E-state index contributed by atoms with van der Waals surface area (Å²) in [7, 11) is 0. The van der Waals surface area contributed by atoms with E-state index in [0.717, 1.165) is 13.0 Å². The van der Waals surface area contributed by atoms with Crippen LogP contribution in [0.2, 0.25) is 0 Å². The maximum atomic E-state index is 11.5. The van der Waals surface area contributed by atoms with Gasteiger partial charge in [0.25, 0.3) is 0 Å². The molecule has 4 nitrogen and oxygen atoms in total. The maximum absolute atomic E-state index is 11.5. The van der Waals surface area contributed by atoms with E-state index in [9.17, 15) is 9.59 Å². The second-order valence-electron chi connectivity index (χ2n) is 4.31. The molecule has 1 fully saturated rings. The Morgan fingerprint density at radius 2 is 2.06 bits per heavy atom. The lowest BCUT2D eigenvalue weighted by atomic mass is 10.1. The van der Waals surface area contributed by atoms with Crippen LogP contribution in [0.5, 0.6) is 0 Å². The standard InChI is InChI=1S/C12H21NO3/c1-3-4-5-7-16-8-6-13-11(14)9-10(2)12(13)15/h10H,3-9H2,1-2H3. The van der Waals surface area contributed by atoms with Crippen molar-refractivity contribution in [1.82, 2.24) is 4.90 Å². The number of rotatable bonds is 7. The lowest BCUT2D eigenvalue weighted by Crippen LogP contribution is -2.33. The van der Waals surface area contributed by atoms with Crippen LogP contribution in [-0.2, 0) is 14.3 Å². The minimum Gasteiger partial charge on any atom is -0.380 e. The van der Waals surface area contributed by atoms with Gasteiger partial charge in [0.1, 0.15) is 0 Å². The molecule has 2 amide bonds. The highest BCUT2D eigenvalue weighted by Gasteiger charge is 2.34. The summed E-state index contributed by atoms with van der Waals surface area (Å²) in [6.45, 7) is 5.53. The summed E-state index contributed by atoms with van der Waals surface area (Å²) in [4.78, 5) is 24.3. The molecule has 0 aromatic heterocycles. The second kappa shape index (κ2) is 6.63. The third-order valence-corrected chi connectivity index (χ3v) is 2.82. The molecule has 1 aliphatic rings. The molecule has 1 heterocycles. The predicted octanol–water partition coefficient (Wildman–Crippen LogP) is 1.59. The molecule has 1 atom stereocenters. The van der Waals surface area contributed by atoms with E-state index in [1.807, 2.05) is 0 Å². The highest BCUT2D eigenvalue weighted by Crippen LogP contribution is 2.17. The van der Waals surface area contributed by atoms with Crippen molar-refractivity contribution in [2.45, 2.75) is 39.5 Å². The van der Waals surface area contributed by atoms with Gasteiger partial charge in [-0.1, -0.05) is 26.7 Å². The van der Waals surface area contributed by atoms with Crippen molar-refractivity contribution in [3.63, 3.8) is 0 Å². The van der Waals surface area contributed by atoms with Gasteiger partial charge in [-0.15, -0.1) is 0 Å². The average Bonchev–Trinajstić information content (AvgIpc) is 2.49. The molecule has 1 aliphatic heterocycles. The van der Waals surface area contributed by atoms with Crippen molar-refractivity contribution in [2.24, 2.45) is 5.92 Å². The van der Waals surface area contributed by atoms with Gasteiger partial charge in [-0.05, 0) is 6.42 Å². The summed E-state index contributed by atoms with van der Waals surface area (Å²) in [6.07, 6.45) is 3.74. The van der Waals surface area contributed by atoms with Crippen LogP contribution < -0.4 is 0 Å². The Bertz CT molecular complexity index is 253. The molecular weight excluding hydrogens is 206 g/mol. The number of carbonyl (C=O) groups excluding carboxylic acids is 2. The van der Waals surface area contributed by atoms with E-state index in [1.165, 1.54) is 17.7 Å². The van der Waals surface area contributed by atoms with Gasteiger partial charge in [0.15, 0.2) is 0 Å². The maximum Gasteiger partial charge on any atom is 0.232 e. The Kier molecular flexibility index (Phi) is 5.46. The Morgan fingerprint density at radius 1 is 1.31 bits per heavy atom. The fraction of sp³-hybridized carbons (Fsp3) is 0.833. The Morgan fingerprint density at radius 3 is 2.62 bits per heavy atom. The molecule has 0 aromatic rings. The first-order valence-electron chi connectivity index (χ1n) is 6.08. The third kappa shape index (κ3) is 3.59. The van der Waals surface area contributed by atoms with E-state index < -0.39 is 0 Å². The molecule has 0 bridgehead atoms. The SMILES string of the molecule is CCCCCOCCN1C(=O)CC(C)C1=O. The number of unbranched alkanes of at least 4 members (excludes halogenated alkanes) is 2. The lowest BCUT2D eigenvalue weighted by Gasteiger charge is -2.14. The van der Waals surface area contributed by atoms with Crippen molar-refractivity contribution in [1.29, 1.82) is 0 Å². The van der Waals surface area contributed by atoms with Gasteiger partial charge >= 0.3 is 0 Å². The molecule has 1 rings (SSSR count). The molecule has 16 heavy (non-hydrogen) atoms. The third-order valence-electron chi connectivity index (χ3n) is 2.82. The minimum atomic E-state index is -0.146. The average molecular weight is 227 g/mol. The number of likely N-dealkylation sites (tertiary alicyclic amines) is 1. The summed E-state index contributed by atoms with van der Waals surface area (Å²) < 4.78 is 5.38. The molecule has 4 heteroatoms. The van der Waals surface area contributed by atoms with E-state index in [1.54, 1.807) is 6.92 Å². The van der Waals surface area contributed by atoms with Gasteiger partial charge in [-0.2, -0.15) is 0 Å². The van der Waals surface area contributed by atoms with Crippen molar-refractivity contribution in [2.75, 3.05) is 19.8 Å². The fourth-order valence-electron chi connectivity index (χ4n) is 1.80. The smallest absolute Gasteiger partial charge is 0.232 e. The van der Waals surface area contributed by atoms with Crippen molar-refractivity contribution >= 4 is 11.8 Å². The van der Waals surface area contributed by atoms with E-state index in [2.05, 4.69) is 6.92 Å². The number of imide groups is 1. The van der Waals surface area contributed by atoms with Crippen molar-refractivity contribution in [3.8, 4) is 0 Å². The van der Waals surface area contributed by atoms with Gasteiger partial charge in [-0.3, -0.25) is 14.5 Å². The summed E-state index contributed by atoms with van der Waals surface area (Å²) in [5, 5.41) is 0. The molecule has 0 aromatic carbocycles. The number of nitrogens with zero attached hydrogens (tertiary/aromatic N) is 1. The first-order chi connectivity index (χ1) is 7.66. The number of amides is 2.